The number of nitrogens with two attached hydrogens (primary N) is 1. The van der Waals surface area contributed by atoms with Gasteiger partial charge >= 0.3 is 0 Å². The molecule has 1 heterocycles. The summed E-state index contributed by atoms with van der Waals surface area (Å²) in [5.41, 5.74) is 7.83. The number of amides is 1. The Morgan fingerprint density at radius 1 is 1.16 bits per heavy atom. The average Bonchev–Trinajstić information content (AvgIpc) is 2.58. The number of fused-ring (bicyclic) bond motifs is 1. The summed E-state index contributed by atoms with van der Waals surface area (Å²) in [7, 11) is 0. The van der Waals surface area contributed by atoms with Crippen LogP contribution < -0.4 is 16.7 Å². The van der Waals surface area contributed by atoms with Gasteiger partial charge in [-0.2, -0.15) is 0 Å². The lowest BCUT2D eigenvalue weighted by molar-refractivity contribution is -0.384. The van der Waals surface area contributed by atoms with Crippen LogP contribution in [0, 0.1) is 10.1 Å². The third kappa shape index (κ3) is 3.22. The standard InChI is InChI=1S/C16H11BrN4O4/c17-11-3-6-13-10(7-11)8-14(18)20(16(13)23)19-15(22)9-1-4-12(5-2-9)21(24)25/h1-8H,18H2,(H,19,22). The molecule has 3 rings (SSSR count). The van der Waals surface area contributed by atoms with E-state index in [4.69, 9.17) is 5.73 Å². The van der Waals surface area contributed by atoms with Crippen LogP contribution in [0.1, 0.15) is 10.4 Å². The number of carbonyl (C=O) groups is 1. The van der Waals surface area contributed by atoms with Gasteiger partial charge in [0.1, 0.15) is 5.82 Å². The third-order valence-electron chi connectivity index (χ3n) is 3.56. The molecule has 3 N–H and O–H groups in total. The molecule has 8 nitrogen and oxygen atoms in total. The summed E-state index contributed by atoms with van der Waals surface area (Å²) < 4.78 is 1.74. The number of nitro benzene ring substituents is 1. The summed E-state index contributed by atoms with van der Waals surface area (Å²) in [6.45, 7) is 0. The van der Waals surface area contributed by atoms with Gasteiger partial charge in [0, 0.05) is 27.6 Å². The van der Waals surface area contributed by atoms with Crippen LogP contribution >= 0.6 is 15.9 Å². The number of halogens is 1. The Kier molecular flexibility index (Phi) is 4.24. The largest absolute Gasteiger partial charge is 0.384 e. The fourth-order valence-electron chi connectivity index (χ4n) is 2.33. The van der Waals surface area contributed by atoms with Crippen LogP contribution in [-0.4, -0.2) is 15.5 Å². The summed E-state index contributed by atoms with van der Waals surface area (Å²) in [5.74, 6) is -0.550. The number of nitrogens with one attached hydrogen (secondary N) is 1. The molecule has 0 atom stereocenters. The van der Waals surface area contributed by atoms with Crippen LogP contribution in [-0.2, 0) is 0 Å². The number of rotatable bonds is 3. The molecule has 0 fully saturated rings. The predicted octanol–water partition coefficient (Wildman–Crippen LogP) is 2.64. The minimum Gasteiger partial charge on any atom is -0.384 e. The first-order chi connectivity index (χ1) is 11.9. The summed E-state index contributed by atoms with van der Waals surface area (Å²) in [6, 6.07) is 11.7. The lowest BCUT2D eigenvalue weighted by Crippen LogP contribution is -2.34. The topological polar surface area (TPSA) is 120 Å². The molecule has 1 aromatic heterocycles. The Hall–Kier alpha value is -3.20. The number of anilines is 1. The van der Waals surface area contributed by atoms with Crippen molar-refractivity contribution in [1.82, 2.24) is 4.68 Å². The van der Waals surface area contributed by atoms with E-state index < -0.39 is 16.4 Å². The fraction of sp³-hybridized carbons (Fsp3) is 0. The van der Waals surface area contributed by atoms with Crippen LogP contribution in [0.5, 0.6) is 0 Å². The number of nitro groups is 1. The zero-order chi connectivity index (χ0) is 18.1. The second kappa shape index (κ2) is 6.36. The molecule has 0 saturated heterocycles. The summed E-state index contributed by atoms with van der Waals surface area (Å²) >= 11 is 3.32. The molecule has 0 saturated carbocycles. The summed E-state index contributed by atoms with van der Waals surface area (Å²) in [5, 5.41) is 11.7. The number of hydrogen-bond acceptors (Lipinski definition) is 5. The Morgan fingerprint density at radius 2 is 1.84 bits per heavy atom. The highest BCUT2D eigenvalue weighted by Crippen LogP contribution is 2.19. The van der Waals surface area contributed by atoms with Gasteiger partial charge in [0.15, 0.2) is 0 Å². The Morgan fingerprint density at radius 3 is 2.48 bits per heavy atom. The molecule has 0 radical (unpaired) electrons. The molecule has 0 aliphatic rings. The molecule has 3 aromatic rings. The smallest absolute Gasteiger partial charge is 0.278 e. The van der Waals surface area contributed by atoms with Gasteiger partial charge in [0.05, 0.1) is 4.92 Å². The number of pyridine rings is 1. The lowest BCUT2D eigenvalue weighted by Gasteiger charge is -2.12. The molecular formula is C16H11BrN4O4. The Bertz CT molecular complexity index is 1060. The molecule has 0 bridgehead atoms. The maximum Gasteiger partial charge on any atom is 0.278 e. The second-order valence-electron chi connectivity index (χ2n) is 5.19. The number of nitrogen functional groups attached to an aromatic ring is 1. The zero-order valence-corrected chi connectivity index (χ0v) is 14.2. The molecule has 0 aliphatic heterocycles. The minimum atomic E-state index is -0.611. The van der Waals surface area contributed by atoms with Crippen molar-refractivity contribution >= 4 is 44.1 Å². The number of non-ortho nitro benzene ring substituents is 1. The van der Waals surface area contributed by atoms with Crippen LogP contribution in [0.3, 0.4) is 0 Å². The van der Waals surface area contributed by atoms with Gasteiger partial charge in [0.25, 0.3) is 17.2 Å². The van der Waals surface area contributed by atoms with Crippen molar-refractivity contribution in [1.29, 1.82) is 0 Å². The molecule has 9 heteroatoms. The highest BCUT2D eigenvalue weighted by atomic mass is 79.9. The number of nitrogens with zero attached hydrogens (tertiary/aromatic N) is 2. The molecule has 0 aliphatic carbocycles. The van der Waals surface area contributed by atoms with Gasteiger partial charge in [-0.15, -0.1) is 0 Å². The Balaban J connectivity index is 1.97. The second-order valence-corrected chi connectivity index (χ2v) is 6.10. The van der Waals surface area contributed by atoms with Crippen molar-refractivity contribution in [2.45, 2.75) is 0 Å². The van der Waals surface area contributed by atoms with Gasteiger partial charge in [-0.05, 0) is 41.8 Å². The SMILES string of the molecule is Nc1cc2cc(Br)ccc2c(=O)n1NC(=O)c1ccc([N+](=O)[O-])cc1. The minimum absolute atomic E-state index is 0.0610. The van der Waals surface area contributed by atoms with E-state index >= 15 is 0 Å². The van der Waals surface area contributed by atoms with E-state index in [9.17, 15) is 19.7 Å². The number of aromatic nitrogens is 1. The summed E-state index contributed by atoms with van der Waals surface area (Å²) in [6.07, 6.45) is 0. The lowest BCUT2D eigenvalue weighted by atomic mass is 10.2. The quantitative estimate of drug-likeness (QED) is 0.515. The van der Waals surface area contributed by atoms with E-state index in [1.54, 1.807) is 24.3 Å². The molecule has 0 unspecified atom stereocenters. The van der Waals surface area contributed by atoms with Gasteiger partial charge in [0.2, 0.25) is 0 Å². The van der Waals surface area contributed by atoms with Gasteiger partial charge < -0.3 is 5.73 Å². The van der Waals surface area contributed by atoms with Crippen molar-refractivity contribution in [2.24, 2.45) is 0 Å². The van der Waals surface area contributed by atoms with Gasteiger partial charge in [-0.3, -0.25) is 25.1 Å². The van der Waals surface area contributed by atoms with Crippen molar-refractivity contribution in [2.75, 3.05) is 11.2 Å². The van der Waals surface area contributed by atoms with Crippen LogP contribution in [0.4, 0.5) is 11.5 Å². The molecule has 2 aromatic carbocycles. The Labute approximate surface area is 149 Å². The van der Waals surface area contributed by atoms with Crippen LogP contribution in [0.15, 0.2) is 57.8 Å². The first-order valence-electron chi connectivity index (χ1n) is 7.03. The van der Waals surface area contributed by atoms with Crippen molar-refractivity contribution in [3.8, 4) is 0 Å². The third-order valence-corrected chi connectivity index (χ3v) is 4.06. The van der Waals surface area contributed by atoms with Gasteiger partial charge in [-0.25, -0.2) is 4.68 Å². The highest BCUT2D eigenvalue weighted by Gasteiger charge is 2.13. The predicted molar refractivity (Wildman–Crippen MR) is 97.1 cm³/mol. The number of hydrogen-bond donors (Lipinski definition) is 2. The first-order valence-corrected chi connectivity index (χ1v) is 7.83. The van der Waals surface area contributed by atoms with Crippen LogP contribution in [0.25, 0.3) is 10.8 Å². The molecule has 0 spiro atoms. The monoisotopic (exact) mass is 402 g/mol. The summed E-state index contributed by atoms with van der Waals surface area (Å²) in [4.78, 5) is 34.9. The zero-order valence-electron chi connectivity index (χ0n) is 12.6. The van der Waals surface area contributed by atoms with E-state index in [0.29, 0.717) is 10.8 Å². The molecule has 1 amide bonds. The van der Waals surface area contributed by atoms with Crippen molar-refractivity contribution in [3.05, 3.63) is 79.0 Å². The molecular weight excluding hydrogens is 392 g/mol. The van der Waals surface area contributed by atoms with Crippen molar-refractivity contribution < 1.29 is 9.72 Å². The van der Waals surface area contributed by atoms with Crippen molar-refractivity contribution in [3.63, 3.8) is 0 Å². The highest BCUT2D eigenvalue weighted by molar-refractivity contribution is 9.10. The van der Waals surface area contributed by atoms with E-state index in [1.165, 1.54) is 24.3 Å². The molecule has 126 valence electrons. The normalized spacial score (nSPS) is 10.6. The van der Waals surface area contributed by atoms with E-state index in [2.05, 4.69) is 21.4 Å². The van der Waals surface area contributed by atoms with E-state index in [1.807, 2.05) is 0 Å². The van der Waals surface area contributed by atoms with E-state index in [-0.39, 0.29) is 17.1 Å². The van der Waals surface area contributed by atoms with E-state index in [0.717, 1.165) is 9.15 Å². The maximum atomic E-state index is 12.5. The van der Waals surface area contributed by atoms with Crippen LogP contribution in [0.2, 0.25) is 0 Å². The molecule has 25 heavy (non-hydrogen) atoms. The maximum absolute atomic E-state index is 12.5. The first kappa shape index (κ1) is 16.7. The number of benzene rings is 2. The average molecular weight is 403 g/mol. The van der Waals surface area contributed by atoms with Gasteiger partial charge in [-0.1, -0.05) is 15.9 Å². The number of carbonyl (C=O) groups excluding carboxylic acids is 1. The fourth-order valence-corrected chi connectivity index (χ4v) is 2.70.